The number of anilines is 1. The highest BCUT2D eigenvalue weighted by Gasteiger charge is 2.23. The van der Waals surface area contributed by atoms with Gasteiger partial charge in [-0.05, 0) is 31.4 Å². The minimum atomic E-state index is -0.702. The van der Waals surface area contributed by atoms with Gasteiger partial charge in [0.15, 0.2) is 4.96 Å². The molecule has 10 heteroatoms. The first-order valence-corrected chi connectivity index (χ1v) is 10.1. The molecule has 1 aromatic carbocycles. The van der Waals surface area contributed by atoms with Crippen molar-refractivity contribution in [3.63, 3.8) is 0 Å². The summed E-state index contributed by atoms with van der Waals surface area (Å²) in [5.41, 5.74) is 0.558. The molecule has 1 saturated heterocycles. The fourth-order valence-corrected chi connectivity index (χ4v) is 4.12. The normalized spacial score (nSPS) is 14.1. The van der Waals surface area contributed by atoms with Gasteiger partial charge in [0.2, 0.25) is 0 Å². The summed E-state index contributed by atoms with van der Waals surface area (Å²) < 4.78 is 6.64. The molecule has 150 valence electrons. The molecule has 4 rings (SSSR count). The average Bonchev–Trinajstić information content (AvgIpc) is 3.21. The monoisotopic (exact) mass is 414 g/mol. The van der Waals surface area contributed by atoms with Crippen molar-refractivity contribution in [2.45, 2.75) is 25.9 Å². The number of benzene rings is 1. The van der Waals surface area contributed by atoms with Gasteiger partial charge in [0.05, 0.1) is 16.2 Å². The van der Waals surface area contributed by atoms with E-state index < -0.39 is 10.9 Å². The lowest BCUT2D eigenvalue weighted by atomic mass is 10.1. The highest BCUT2D eigenvalue weighted by Crippen LogP contribution is 2.31. The van der Waals surface area contributed by atoms with E-state index in [2.05, 4.69) is 4.98 Å². The molecule has 3 heterocycles. The summed E-state index contributed by atoms with van der Waals surface area (Å²) in [5.74, 6) is -0.702. The first-order valence-electron chi connectivity index (χ1n) is 9.19. The number of nitrogens with zero attached hydrogens (tertiary/aromatic N) is 4. The molecule has 29 heavy (non-hydrogen) atoms. The predicted molar refractivity (Wildman–Crippen MR) is 108 cm³/mol. The van der Waals surface area contributed by atoms with Crippen LogP contribution in [-0.2, 0) is 11.3 Å². The van der Waals surface area contributed by atoms with Crippen LogP contribution in [-0.4, -0.2) is 33.4 Å². The molecule has 0 spiro atoms. The molecule has 0 saturated carbocycles. The van der Waals surface area contributed by atoms with Crippen LogP contribution in [0.2, 0.25) is 0 Å². The Balaban J connectivity index is 1.52. The van der Waals surface area contributed by atoms with Crippen LogP contribution >= 0.6 is 11.3 Å². The van der Waals surface area contributed by atoms with Gasteiger partial charge in [0, 0.05) is 36.8 Å². The number of thiazole rings is 1. The van der Waals surface area contributed by atoms with Crippen molar-refractivity contribution in [3.8, 4) is 0 Å². The predicted octanol–water partition coefficient (Wildman–Crippen LogP) is 3.01. The number of nitro benzene ring substituents is 1. The fraction of sp³-hybridized carbons (Fsp3) is 0.316. The molecule has 1 aliphatic rings. The molecule has 0 radical (unpaired) electrons. The van der Waals surface area contributed by atoms with E-state index in [1.165, 1.54) is 33.9 Å². The van der Waals surface area contributed by atoms with Crippen molar-refractivity contribution in [1.82, 2.24) is 9.38 Å². The molecular weight excluding hydrogens is 396 g/mol. The lowest BCUT2D eigenvalue weighted by Crippen LogP contribution is -2.30. The Morgan fingerprint density at radius 2 is 2.03 bits per heavy atom. The largest absolute Gasteiger partial charge is 0.456 e. The molecule has 0 N–H and O–H groups in total. The van der Waals surface area contributed by atoms with Crippen molar-refractivity contribution in [2.24, 2.45) is 0 Å². The van der Waals surface area contributed by atoms with Gasteiger partial charge in [-0.2, -0.15) is 0 Å². The van der Waals surface area contributed by atoms with E-state index in [1.54, 1.807) is 17.6 Å². The standard InChI is InChI=1S/C19H18N4O5S/c24-17-11-14(20-19-22(17)8-9-29-19)12-28-18(25)13-4-5-15(16(10-13)23(26)27)21-6-2-1-3-7-21/h4-5,8-11H,1-3,6-7,12H2. The van der Waals surface area contributed by atoms with Gasteiger partial charge in [-0.15, -0.1) is 11.3 Å². The maximum atomic E-state index is 12.4. The van der Waals surface area contributed by atoms with Gasteiger partial charge in [0.1, 0.15) is 12.3 Å². The number of piperidine rings is 1. The molecule has 1 aliphatic heterocycles. The van der Waals surface area contributed by atoms with Gasteiger partial charge in [0.25, 0.3) is 11.2 Å². The zero-order valence-electron chi connectivity index (χ0n) is 15.4. The second-order valence-corrected chi connectivity index (χ2v) is 7.60. The Morgan fingerprint density at radius 1 is 1.24 bits per heavy atom. The summed E-state index contributed by atoms with van der Waals surface area (Å²) in [6.07, 6.45) is 4.71. The molecule has 0 unspecified atom stereocenters. The highest BCUT2D eigenvalue weighted by atomic mass is 32.1. The lowest BCUT2D eigenvalue weighted by molar-refractivity contribution is -0.384. The number of hydrogen-bond acceptors (Lipinski definition) is 8. The quantitative estimate of drug-likeness (QED) is 0.359. The molecule has 0 amide bonds. The Bertz CT molecular complexity index is 1130. The van der Waals surface area contributed by atoms with Gasteiger partial charge < -0.3 is 9.64 Å². The van der Waals surface area contributed by atoms with Crippen molar-refractivity contribution < 1.29 is 14.5 Å². The van der Waals surface area contributed by atoms with E-state index >= 15 is 0 Å². The lowest BCUT2D eigenvalue weighted by Gasteiger charge is -2.28. The van der Waals surface area contributed by atoms with Crippen LogP contribution in [0.1, 0.15) is 35.3 Å². The van der Waals surface area contributed by atoms with Crippen LogP contribution in [0.25, 0.3) is 4.96 Å². The number of carbonyl (C=O) groups is 1. The van der Waals surface area contributed by atoms with E-state index in [0.717, 1.165) is 32.4 Å². The number of nitro groups is 1. The summed E-state index contributed by atoms with van der Waals surface area (Å²) in [6.45, 7) is 1.33. The summed E-state index contributed by atoms with van der Waals surface area (Å²) in [6, 6.07) is 5.68. The van der Waals surface area contributed by atoms with Crippen molar-refractivity contribution >= 4 is 33.6 Å². The maximum Gasteiger partial charge on any atom is 0.338 e. The summed E-state index contributed by atoms with van der Waals surface area (Å²) in [7, 11) is 0. The summed E-state index contributed by atoms with van der Waals surface area (Å²) in [5, 5.41) is 13.3. The van der Waals surface area contributed by atoms with Crippen molar-refractivity contribution in [1.29, 1.82) is 0 Å². The van der Waals surface area contributed by atoms with Crippen LogP contribution in [0.3, 0.4) is 0 Å². The van der Waals surface area contributed by atoms with Crippen molar-refractivity contribution in [3.05, 3.63) is 67.6 Å². The van der Waals surface area contributed by atoms with E-state index in [-0.39, 0.29) is 23.4 Å². The van der Waals surface area contributed by atoms with Gasteiger partial charge in [-0.25, -0.2) is 9.78 Å². The van der Waals surface area contributed by atoms with Crippen LogP contribution < -0.4 is 10.5 Å². The summed E-state index contributed by atoms with van der Waals surface area (Å²) in [4.78, 5) is 42.2. The number of ether oxygens (including phenoxy) is 1. The van der Waals surface area contributed by atoms with Crippen LogP contribution in [0.15, 0.2) is 40.6 Å². The third kappa shape index (κ3) is 3.97. The van der Waals surface area contributed by atoms with Crippen LogP contribution in [0.4, 0.5) is 11.4 Å². The van der Waals surface area contributed by atoms with Gasteiger partial charge >= 0.3 is 5.97 Å². The zero-order chi connectivity index (χ0) is 20.4. The number of carbonyl (C=O) groups excluding carboxylic acids is 1. The third-order valence-electron chi connectivity index (χ3n) is 4.81. The topological polar surface area (TPSA) is 107 Å². The molecule has 0 bridgehead atoms. The van der Waals surface area contributed by atoms with Crippen LogP contribution in [0, 0.1) is 10.1 Å². The molecule has 0 aliphatic carbocycles. The minimum absolute atomic E-state index is 0.0892. The number of rotatable bonds is 5. The molecular formula is C19H18N4O5S. The number of aromatic nitrogens is 2. The first-order chi connectivity index (χ1) is 14.0. The van der Waals surface area contributed by atoms with E-state index in [1.807, 2.05) is 4.90 Å². The Morgan fingerprint density at radius 3 is 2.79 bits per heavy atom. The van der Waals surface area contributed by atoms with Crippen LogP contribution in [0.5, 0.6) is 0 Å². The smallest absolute Gasteiger partial charge is 0.338 e. The maximum absolute atomic E-state index is 12.4. The van der Waals surface area contributed by atoms with Gasteiger partial charge in [-0.1, -0.05) is 0 Å². The first kappa shape index (κ1) is 19.1. The second kappa shape index (κ2) is 8.00. The highest BCUT2D eigenvalue weighted by molar-refractivity contribution is 7.15. The molecule has 0 atom stereocenters. The minimum Gasteiger partial charge on any atom is -0.456 e. The second-order valence-electron chi connectivity index (χ2n) is 6.73. The Kier molecular flexibility index (Phi) is 5.26. The summed E-state index contributed by atoms with van der Waals surface area (Å²) >= 11 is 1.30. The number of fused-ring (bicyclic) bond motifs is 1. The molecule has 1 fully saturated rings. The fourth-order valence-electron chi connectivity index (χ4n) is 3.38. The zero-order valence-corrected chi connectivity index (χ0v) is 16.3. The van der Waals surface area contributed by atoms with E-state index in [4.69, 9.17) is 4.74 Å². The molecule has 9 nitrogen and oxygen atoms in total. The number of esters is 1. The van der Waals surface area contributed by atoms with E-state index in [0.29, 0.717) is 16.3 Å². The van der Waals surface area contributed by atoms with Gasteiger partial charge in [-0.3, -0.25) is 19.3 Å². The number of hydrogen-bond donors (Lipinski definition) is 0. The average molecular weight is 414 g/mol. The Hall–Kier alpha value is -3.27. The van der Waals surface area contributed by atoms with E-state index in [9.17, 15) is 19.7 Å². The third-order valence-corrected chi connectivity index (χ3v) is 5.57. The Labute approximate surface area is 169 Å². The van der Waals surface area contributed by atoms with Crippen molar-refractivity contribution in [2.75, 3.05) is 18.0 Å². The SMILES string of the molecule is O=C(OCc1cc(=O)n2ccsc2n1)c1ccc(N2CCCCC2)c([N+](=O)[O-])c1. The molecule has 3 aromatic rings. The molecule has 2 aromatic heterocycles.